The molecule has 33 heavy (non-hydrogen) atoms. The number of carbonyl (C=O) groups is 1. The van der Waals surface area contributed by atoms with Crippen LogP contribution in [0.1, 0.15) is 43.7 Å². The van der Waals surface area contributed by atoms with Gasteiger partial charge in [0.15, 0.2) is 18.1 Å². The molecule has 2 aromatic rings. The van der Waals surface area contributed by atoms with E-state index >= 15 is 0 Å². The molecule has 0 unspecified atom stereocenters. The molecule has 5 atom stereocenters. The van der Waals surface area contributed by atoms with Crippen molar-refractivity contribution >= 4 is 5.91 Å². The Balaban J connectivity index is 1.40. The Bertz CT molecular complexity index is 1010. The van der Waals surface area contributed by atoms with E-state index in [1.165, 1.54) is 18.4 Å². The maximum absolute atomic E-state index is 13.7. The number of aryl methyl sites for hydroxylation is 1. The molecular weight excluding hydrogens is 412 g/mol. The first-order valence-electron chi connectivity index (χ1n) is 12.3. The van der Waals surface area contributed by atoms with Gasteiger partial charge in [-0.1, -0.05) is 43.3 Å². The summed E-state index contributed by atoms with van der Waals surface area (Å²) >= 11 is 0. The molecule has 2 heterocycles. The number of amides is 1. The number of methoxy groups -OCH3 is 1. The predicted molar refractivity (Wildman–Crippen MR) is 130 cm³/mol. The van der Waals surface area contributed by atoms with E-state index < -0.39 is 0 Å². The van der Waals surface area contributed by atoms with E-state index in [1.54, 1.807) is 7.11 Å². The monoisotopic (exact) mass is 448 g/mol. The summed E-state index contributed by atoms with van der Waals surface area (Å²) in [6, 6.07) is 17.9. The fourth-order valence-electron chi connectivity index (χ4n) is 6.99. The smallest absolute Gasteiger partial charge is 0.261 e. The molecule has 2 saturated heterocycles. The van der Waals surface area contributed by atoms with Gasteiger partial charge in [-0.3, -0.25) is 9.69 Å². The van der Waals surface area contributed by atoms with E-state index in [-0.39, 0.29) is 24.0 Å². The molecule has 3 fully saturated rings. The topological polar surface area (TPSA) is 42.0 Å². The largest absolute Gasteiger partial charge is 0.493 e. The maximum atomic E-state index is 13.7. The molecule has 2 aromatic carbocycles. The molecule has 1 aliphatic carbocycles. The van der Waals surface area contributed by atoms with Crippen molar-refractivity contribution in [3.63, 3.8) is 0 Å². The van der Waals surface area contributed by atoms with Gasteiger partial charge in [-0.15, -0.1) is 0 Å². The number of ether oxygens (including phenoxy) is 2. The summed E-state index contributed by atoms with van der Waals surface area (Å²) in [5.41, 5.74) is 2.60. The van der Waals surface area contributed by atoms with Gasteiger partial charge in [0.25, 0.3) is 5.91 Å². The molecule has 0 aromatic heterocycles. The molecule has 3 aliphatic rings. The maximum Gasteiger partial charge on any atom is 0.261 e. The molecule has 0 spiro atoms. The van der Waals surface area contributed by atoms with E-state index in [4.69, 9.17) is 9.47 Å². The Labute approximate surface area is 197 Å². The Morgan fingerprint density at radius 2 is 1.85 bits per heavy atom. The SMILES string of the molecule is COc1cc(C)ccc1OCC(=O)N1[C@H]2CCC[C@H]3N(C)[C@@H](Cc4ccccc4)[C@@H]1C[C@@]23C. The minimum atomic E-state index is 0.0505. The van der Waals surface area contributed by atoms with Crippen molar-refractivity contribution in [2.45, 2.75) is 70.1 Å². The summed E-state index contributed by atoms with van der Waals surface area (Å²) in [4.78, 5) is 18.5. The van der Waals surface area contributed by atoms with Gasteiger partial charge in [-0.05, 0) is 69.3 Å². The molecule has 1 amide bonds. The van der Waals surface area contributed by atoms with Crippen LogP contribution >= 0.6 is 0 Å². The lowest BCUT2D eigenvalue weighted by Crippen LogP contribution is -2.59. The first-order chi connectivity index (χ1) is 15.9. The summed E-state index contributed by atoms with van der Waals surface area (Å²) in [6.07, 6.45) is 5.55. The van der Waals surface area contributed by atoms with Crippen LogP contribution < -0.4 is 9.47 Å². The molecule has 0 N–H and O–H groups in total. The van der Waals surface area contributed by atoms with Crippen molar-refractivity contribution in [1.29, 1.82) is 0 Å². The van der Waals surface area contributed by atoms with Crippen LogP contribution in [-0.4, -0.2) is 60.6 Å². The third-order valence-electron chi connectivity index (χ3n) is 8.52. The first-order valence-corrected chi connectivity index (χ1v) is 12.3. The number of hydrogen-bond acceptors (Lipinski definition) is 4. The Morgan fingerprint density at radius 1 is 1.09 bits per heavy atom. The molecule has 5 heteroatoms. The Kier molecular flexibility index (Phi) is 5.86. The van der Waals surface area contributed by atoms with Crippen LogP contribution in [0.3, 0.4) is 0 Å². The molecule has 1 saturated carbocycles. The molecule has 2 aliphatic heterocycles. The third-order valence-corrected chi connectivity index (χ3v) is 8.52. The van der Waals surface area contributed by atoms with Gasteiger partial charge in [-0.2, -0.15) is 0 Å². The average molecular weight is 449 g/mol. The third kappa shape index (κ3) is 3.80. The highest BCUT2D eigenvalue weighted by Crippen LogP contribution is 2.56. The zero-order valence-corrected chi connectivity index (χ0v) is 20.3. The van der Waals surface area contributed by atoms with Crippen LogP contribution in [0.5, 0.6) is 11.5 Å². The summed E-state index contributed by atoms with van der Waals surface area (Å²) in [6.45, 7) is 4.49. The highest BCUT2D eigenvalue weighted by molar-refractivity contribution is 5.79. The van der Waals surface area contributed by atoms with E-state index in [0.29, 0.717) is 29.6 Å². The molecule has 5 nitrogen and oxygen atoms in total. The summed E-state index contributed by atoms with van der Waals surface area (Å²) in [5, 5.41) is 0. The quantitative estimate of drug-likeness (QED) is 0.654. The fourth-order valence-corrected chi connectivity index (χ4v) is 6.99. The Morgan fingerprint density at radius 3 is 2.61 bits per heavy atom. The molecule has 0 radical (unpaired) electrons. The number of carbonyl (C=O) groups excluding carboxylic acids is 1. The predicted octanol–water partition coefficient (Wildman–Crippen LogP) is 4.47. The van der Waals surface area contributed by atoms with Crippen LogP contribution in [0.2, 0.25) is 0 Å². The molecule has 5 rings (SSSR count). The second kappa shape index (κ2) is 8.68. The van der Waals surface area contributed by atoms with Crippen LogP contribution in [0, 0.1) is 12.3 Å². The minimum absolute atomic E-state index is 0.0505. The van der Waals surface area contributed by atoms with Gasteiger partial charge >= 0.3 is 0 Å². The molecule has 176 valence electrons. The standard InChI is InChI=1S/C28H36N2O3/c1-19-13-14-23(24(15-19)32-4)33-18-27(31)30-22-17-28(2)25(11-8-12-26(28)30)29(3)21(22)16-20-9-6-5-7-10-20/h5-7,9-10,13-15,21-22,25-26H,8,11-12,16-18H2,1-4H3/t21-,22-,25+,26-,28+/m0/s1. The highest BCUT2D eigenvalue weighted by Gasteiger charge is 2.62. The number of piperidine rings is 1. The van der Waals surface area contributed by atoms with Gasteiger partial charge in [0, 0.05) is 29.6 Å². The number of nitrogens with zero attached hydrogens (tertiary/aromatic N) is 2. The lowest BCUT2D eigenvalue weighted by atomic mass is 9.64. The number of likely N-dealkylation sites (N-methyl/N-ethyl adjacent to an activating group) is 1. The molecule has 2 bridgehead atoms. The van der Waals surface area contributed by atoms with Gasteiger partial charge < -0.3 is 14.4 Å². The van der Waals surface area contributed by atoms with Crippen molar-refractivity contribution in [3.05, 3.63) is 59.7 Å². The number of likely N-dealkylation sites (tertiary alicyclic amines) is 2. The summed E-state index contributed by atoms with van der Waals surface area (Å²) < 4.78 is 11.5. The van der Waals surface area contributed by atoms with Crippen molar-refractivity contribution in [1.82, 2.24) is 9.80 Å². The summed E-state index contributed by atoms with van der Waals surface area (Å²) in [5.74, 6) is 1.41. The Hall–Kier alpha value is -2.53. The van der Waals surface area contributed by atoms with Crippen molar-refractivity contribution < 1.29 is 14.3 Å². The zero-order chi connectivity index (χ0) is 23.2. The fraction of sp³-hybridized carbons (Fsp3) is 0.536. The van der Waals surface area contributed by atoms with Gasteiger partial charge in [-0.25, -0.2) is 0 Å². The average Bonchev–Trinajstić information content (AvgIpc) is 3.13. The van der Waals surface area contributed by atoms with Crippen LogP contribution in [0.15, 0.2) is 48.5 Å². The van der Waals surface area contributed by atoms with Gasteiger partial charge in [0.1, 0.15) is 0 Å². The lowest BCUT2D eigenvalue weighted by Gasteiger charge is -2.51. The first kappa shape index (κ1) is 22.3. The van der Waals surface area contributed by atoms with Crippen molar-refractivity contribution in [2.75, 3.05) is 20.8 Å². The summed E-state index contributed by atoms with van der Waals surface area (Å²) in [7, 11) is 3.92. The normalized spacial score (nSPS) is 30.8. The van der Waals surface area contributed by atoms with E-state index in [0.717, 1.165) is 24.8 Å². The van der Waals surface area contributed by atoms with Crippen LogP contribution in [-0.2, 0) is 11.2 Å². The highest BCUT2D eigenvalue weighted by atomic mass is 16.5. The van der Waals surface area contributed by atoms with E-state index in [1.807, 2.05) is 25.1 Å². The lowest BCUT2D eigenvalue weighted by molar-refractivity contribution is -0.137. The second-order valence-electron chi connectivity index (χ2n) is 10.4. The van der Waals surface area contributed by atoms with Crippen LogP contribution in [0.25, 0.3) is 0 Å². The number of benzene rings is 2. The van der Waals surface area contributed by atoms with Crippen molar-refractivity contribution in [2.24, 2.45) is 5.41 Å². The number of hydrogen-bond donors (Lipinski definition) is 0. The van der Waals surface area contributed by atoms with E-state index in [9.17, 15) is 4.79 Å². The number of rotatable bonds is 6. The van der Waals surface area contributed by atoms with Gasteiger partial charge in [0.2, 0.25) is 0 Å². The van der Waals surface area contributed by atoms with Crippen LogP contribution in [0.4, 0.5) is 0 Å². The second-order valence-corrected chi connectivity index (χ2v) is 10.4. The minimum Gasteiger partial charge on any atom is -0.493 e. The zero-order valence-electron chi connectivity index (χ0n) is 20.3. The number of fused-ring (bicyclic) bond motifs is 1. The molecular formula is C28H36N2O3. The van der Waals surface area contributed by atoms with E-state index in [2.05, 4.69) is 54.1 Å². The van der Waals surface area contributed by atoms with Crippen molar-refractivity contribution in [3.8, 4) is 11.5 Å². The van der Waals surface area contributed by atoms with Gasteiger partial charge in [0.05, 0.1) is 7.11 Å².